The molecule has 0 unspecified atom stereocenters. The van der Waals surface area contributed by atoms with E-state index in [0.717, 1.165) is 27.0 Å². The second kappa shape index (κ2) is 4.58. The predicted molar refractivity (Wildman–Crippen MR) is 72.8 cm³/mol. The molecule has 0 spiro atoms. The molecule has 3 heteroatoms. The molecule has 0 fully saturated rings. The van der Waals surface area contributed by atoms with Crippen molar-refractivity contribution in [3.8, 4) is 17.2 Å². The van der Waals surface area contributed by atoms with Gasteiger partial charge in [-0.25, -0.2) is 0 Å². The second-order valence-corrected chi connectivity index (χ2v) is 5.45. The van der Waals surface area contributed by atoms with Crippen LogP contribution < -0.4 is 9.47 Å². The summed E-state index contributed by atoms with van der Waals surface area (Å²) in [5.41, 5.74) is 0. The molecule has 1 aliphatic rings. The van der Waals surface area contributed by atoms with Gasteiger partial charge >= 0.3 is 0 Å². The normalized spacial score (nSPS) is 12.6. The van der Waals surface area contributed by atoms with E-state index in [4.69, 9.17) is 9.47 Å². The molecule has 0 saturated heterocycles. The zero-order valence-corrected chi connectivity index (χ0v) is 11.2. The van der Waals surface area contributed by atoms with Crippen LogP contribution in [0.25, 0.3) is 0 Å². The molecule has 0 aromatic heterocycles. The average molecular weight is 258 g/mol. The van der Waals surface area contributed by atoms with E-state index in [-0.39, 0.29) is 6.10 Å². The summed E-state index contributed by atoms with van der Waals surface area (Å²) in [5.74, 6) is 2.68. The number of hydrogen-bond acceptors (Lipinski definition) is 3. The van der Waals surface area contributed by atoms with Gasteiger partial charge in [-0.2, -0.15) is 0 Å². The monoisotopic (exact) mass is 258 g/mol. The highest BCUT2D eigenvalue weighted by atomic mass is 32.2. The van der Waals surface area contributed by atoms with Crippen molar-refractivity contribution in [3.63, 3.8) is 0 Å². The topological polar surface area (TPSA) is 18.5 Å². The van der Waals surface area contributed by atoms with Crippen molar-refractivity contribution in [2.45, 2.75) is 29.7 Å². The van der Waals surface area contributed by atoms with Crippen LogP contribution in [0, 0.1) is 0 Å². The van der Waals surface area contributed by atoms with Gasteiger partial charge in [0.2, 0.25) is 0 Å². The molecule has 0 radical (unpaired) electrons. The Hall–Kier alpha value is -1.61. The molecule has 0 aliphatic carbocycles. The summed E-state index contributed by atoms with van der Waals surface area (Å²) in [6.45, 7) is 4.06. The summed E-state index contributed by atoms with van der Waals surface area (Å²) >= 11 is 1.70. The fraction of sp³-hybridized carbons (Fsp3) is 0.200. The summed E-state index contributed by atoms with van der Waals surface area (Å²) in [6.07, 6.45) is 0.161. The Morgan fingerprint density at radius 1 is 1.00 bits per heavy atom. The van der Waals surface area contributed by atoms with E-state index in [1.54, 1.807) is 11.8 Å². The van der Waals surface area contributed by atoms with Crippen LogP contribution in [0.1, 0.15) is 13.8 Å². The molecule has 2 nitrogen and oxygen atoms in total. The molecule has 18 heavy (non-hydrogen) atoms. The number of rotatable bonds is 2. The predicted octanol–water partition coefficient (Wildman–Crippen LogP) is 4.73. The van der Waals surface area contributed by atoms with E-state index in [2.05, 4.69) is 6.07 Å². The maximum Gasteiger partial charge on any atom is 0.145 e. The Bertz CT molecular complexity index is 578. The van der Waals surface area contributed by atoms with Crippen LogP contribution in [0.5, 0.6) is 17.2 Å². The smallest absolute Gasteiger partial charge is 0.145 e. The molecule has 0 bridgehead atoms. The molecule has 0 amide bonds. The van der Waals surface area contributed by atoms with Crippen molar-refractivity contribution >= 4 is 11.8 Å². The van der Waals surface area contributed by atoms with Gasteiger partial charge in [0.25, 0.3) is 0 Å². The van der Waals surface area contributed by atoms with E-state index >= 15 is 0 Å². The molecule has 0 atom stereocenters. The SMILES string of the molecule is CC(C)Oc1cccc2c1Sc1ccccc1O2. The van der Waals surface area contributed by atoms with Gasteiger partial charge in [0, 0.05) is 0 Å². The molecule has 2 aromatic rings. The molecular weight excluding hydrogens is 244 g/mol. The van der Waals surface area contributed by atoms with Crippen LogP contribution in [0.2, 0.25) is 0 Å². The fourth-order valence-corrected chi connectivity index (χ4v) is 2.87. The van der Waals surface area contributed by atoms with E-state index in [1.807, 2.05) is 50.2 Å². The highest BCUT2D eigenvalue weighted by Crippen LogP contribution is 2.50. The molecule has 1 heterocycles. The lowest BCUT2D eigenvalue weighted by Crippen LogP contribution is -2.07. The lowest BCUT2D eigenvalue weighted by atomic mass is 10.3. The van der Waals surface area contributed by atoms with Crippen LogP contribution in [0.3, 0.4) is 0 Å². The number of benzene rings is 2. The van der Waals surface area contributed by atoms with Gasteiger partial charge in [-0.15, -0.1) is 0 Å². The average Bonchev–Trinajstić information content (AvgIpc) is 2.36. The fourth-order valence-electron chi connectivity index (χ4n) is 1.87. The van der Waals surface area contributed by atoms with Crippen LogP contribution in [0.15, 0.2) is 52.3 Å². The van der Waals surface area contributed by atoms with E-state index in [0.29, 0.717) is 0 Å². The van der Waals surface area contributed by atoms with E-state index < -0.39 is 0 Å². The number of para-hydroxylation sites is 1. The first-order valence-corrected chi connectivity index (χ1v) is 6.80. The Kier molecular flexibility index (Phi) is 2.92. The minimum Gasteiger partial charge on any atom is -0.490 e. The minimum atomic E-state index is 0.161. The Morgan fingerprint density at radius 3 is 2.61 bits per heavy atom. The van der Waals surface area contributed by atoms with E-state index in [9.17, 15) is 0 Å². The molecule has 2 aromatic carbocycles. The van der Waals surface area contributed by atoms with Gasteiger partial charge < -0.3 is 9.47 Å². The number of fused-ring (bicyclic) bond motifs is 2. The highest BCUT2D eigenvalue weighted by Gasteiger charge is 2.21. The number of hydrogen-bond donors (Lipinski definition) is 0. The van der Waals surface area contributed by atoms with Crippen molar-refractivity contribution in [3.05, 3.63) is 42.5 Å². The summed E-state index contributed by atoms with van der Waals surface area (Å²) in [7, 11) is 0. The summed E-state index contributed by atoms with van der Waals surface area (Å²) < 4.78 is 11.7. The second-order valence-electron chi connectivity index (χ2n) is 4.40. The van der Waals surface area contributed by atoms with Crippen LogP contribution in [0.4, 0.5) is 0 Å². The summed E-state index contributed by atoms with van der Waals surface area (Å²) in [4.78, 5) is 2.19. The first kappa shape index (κ1) is 11.5. The number of ether oxygens (including phenoxy) is 2. The zero-order valence-electron chi connectivity index (χ0n) is 10.3. The first-order chi connectivity index (χ1) is 8.74. The van der Waals surface area contributed by atoms with E-state index in [1.165, 1.54) is 0 Å². The molecule has 0 saturated carbocycles. The third-order valence-electron chi connectivity index (χ3n) is 2.59. The van der Waals surface area contributed by atoms with Gasteiger partial charge in [0.05, 0.1) is 15.9 Å². The van der Waals surface area contributed by atoms with Crippen LogP contribution in [-0.2, 0) is 0 Å². The summed E-state index contributed by atoms with van der Waals surface area (Å²) in [5, 5.41) is 0. The maximum atomic E-state index is 5.90. The lowest BCUT2D eigenvalue weighted by molar-refractivity contribution is 0.234. The van der Waals surface area contributed by atoms with Crippen molar-refractivity contribution < 1.29 is 9.47 Å². The lowest BCUT2D eigenvalue weighted by Gasteiger charge is -2.22. The quantitative estimate of drug-likeness (QED) is 0.662. The maximum absolute atomic E-state index is 5.90. The standard InChI is InChI=1S/C15H14O2S/c1-10(2)16-12-7-5-8-13-15(12)18-14-9-4-3-6-11(14)17-13/h3-10H,1-2H3. The Labute approximate surface area is 111 Å². The van der Waals surface area contributed by atoms with Crippen molar-refractivity contribution in [2.24, 2.45) is 0 Å². The van der Waals surface area contributed by atoms with Crippen molar-refractivity contribution in [1.29, 1.82) is 0 Å². The van der Waals surface area contributed by atoms with Gasteiger partial charge in [-0.3, -0.25) is 0 Å². The van der Waals surface area contributed by atoms with Crippen molar-refractivity contribution in [1.82, 2.24) is 0 Å². The van der Waals surface area contributed by atoms with Gasteiger partial charge in [-0.05, 0) is 38.1 Å². The Morgan fingerprint density at radius 2 is 1.78 bits per heavy atom. The molecule has 1 aliphatic heterocycles. The molecule has 0 N–H and O–H groups in total. The highest BCUT2D eigenvalue weighted by molar-refractivity contribution is 7.99. The molecule has 3 rings (SSSR count). The largest absolute Gasteiger partial charge is 0.490 e. The summed E-state index contributed by atoms with van der Waals surface area (Å²) in [6, 6.07) is 14.0. The van der Waals surface area contributed by atoms with Crippen molar-refractivity contribution in [2.75, 3.05) is 0 Å². The van der Waals surface area contributed by atoms with Gasteiger partial charge in [-0.1, -0.05) is 30.0 Å². The molecule has 92 valence electrons. The first-order valence-electron chi connectivity index (χ1n) is 5.98. The zero-order chi connectivity index (χ0) is 12.5. The Balaban J connectivity index is 2.02. The van der Waals surface area contributed by atoms with Crippen LogP contribution >= 0.6 is 11.8 Å². The van der Waals surface area contributed by atoms with Gasteiger partial charge in [0.15, 0.2) is 0 Å². The van der Waals surface area contributed by atoms with Gasteiger partial charge in [0.1, 0.15) is 17.2 Å². The third-order valence-corrected chi connectivity index (χ3v) is 3.75. The minimum absolute atomic E-state index is 0.161. The van der Waals surface area contributed by atoms with Crippen LogP contribution in [-0.4, -0.2) is 6.10 Å². The third kappa shape index (κ3) is 2.06. The molecular formula is C15H14O2S.